The predicted molar refractivity (Wildman–Crippen MR) is 84.2 cm³/mol. The molecule has 0 aliphatic carbocycles. The summed E-state index contributed by atoms with van der Waals surface area (Å²) in [5, 5.41) is 9.86. The molecule has 0 aliphatic heterocycles. The molecule has 5 heteroatoms. The first-order valence-corrected chi connectivity index (χ1v) is 7.24. The van der Waals surface area contributed by atoms with Gasteiger partial charge in [0, 0.05) is 11.6 Å². The zero-order chi connectivity index (χ0) is 16.5. The molecule has 0 unspecified atom stereocenters. The van der Waals surface area contributed by atoms with E-state index in [0.29, 0.717) is 0 Å². The average Bonchev–Trinajstić information content (AvgIpc) is 2.75. The SMILES string of the molecule is C[C@@H](CC(=O)O)c1cn(C(=O)OC(C)(C)C)c2ccccc12. The average molecular weight is 303 g/mol. The molecular weight excluding hydrogens is 282 g/mol. The number of ether oxygens (including phenoxy) is 1. The van der Waals surface area contributed by atoms with Gasteiger partial charge in [0.05, 0.1) is 11.9 Å². The Morgan fingerprint density at radius 1 is 1.27 bits per heavy atom. The van der Waals surface area contributed by atoms with Crippen molar-refractivity contribution in [3.63, 3.8) is 0 Å². The highest BCUT2D eigenvalue weighted by molar-refractivity contribution is 5.92. The van der Waals surface area contributed by atoms with Gasteiger partial charge in [-0.2, -0.15) is 0 Å². The number of hydrogen-bond acceptors (Lipinski definition) is 3. The van der Waals surface area contributed by atoms with E-state index in [1.54, 1.807) is 6.20 Å². The van der Waals surface area contributed by atoms with Gasteiger partial charge in [-0.3, -0.25) is 9.36 Å². The van der Waals surface area contributed by atoms with Crippen molar-refractivity contribution in [2.75, 3.05) is 0 Å². The lowest BCUT2D eigenvalue weighted by atomic mass is 9.97. The van der Waals surface area contributed by atoms with E-state index in [9.17, 15) is 9.59 Å². The summed E-state index contributed by atoms with van der Waals surface area (Å²) in [4.78, 5) is 23.3. The predicted octanol–water partition coefficient (Wildman–Crippen LogP) is 4.00. The standard InChI is InChI=1S/C17H21NO4/c1-11(9-15(19)20)13-10-18(16(21)22-17(2,3)4)14-8-6-5-7-12(13)14/h5-8,10-11H,9H2,1-4H3,(H,19,20)/t11-/m0/s1. The molecule has 1 aromatic carbocycles. The van der Waals surface area contributed by atoms with Crippen LogP contribution in [0.25, 0.3) is 10.9 Å². The van der Waals surface area contributed by atoms with Crippen LogP contribution >= 0.6 is 0 Å². The van der Waals surface area contributed by atoms with E-state index in [4.69, 9.17) is 9.84 Å². The largest absolute Gasteiger partial charge is 0.481 e. The van der Waals surface area contributed by atoms with Crippen LogP contribution in [-0.4, -0.2) is 27.3 Å². The van der Waals surface area contributed by atoms with Gasteiger partial charge in [-0.1, -0.05) is 25.1 Å². The lowest BCUT2D eigenvalue weighted by molar-refractivity contribution is -0.137. The Balaban J connectivity index is 2.48. The highest BCUT2D eigenvalue weighted by Crippen LogP contribution is 2.30. The Labute approximate surface area is 129 Å². The third-order valence-electron chi connectivity index (χ3n) is 3.34. The van der Waals surface area contributed by atoms with Crippen molar-refractivity contribution >= 4 is 23.0 Å². The summed E-state index contributed by atoms with van der Waals surface area (Å²) in [5.74, 6) is -1.05. The maximum atomic E-state index is 12.4. The van der Waals surface area contributed by atoms with Gasteiger partial charge in [0.2, 0.25) is 0 Å². The second-order valence-corrected chi connectivity index (χ2v) is 6.45. The van der Waals surface area contributed by atoms with E-state index in [1.807, 2.05) is 52.0 Å². The maximum absolute atomic E-state index is 12.4. The lowest BCUT2D eigenvalue weighted by Gasteiger charge is -2.19. The van der Waals surface area contributed by atoms with Gasteiger partial charge < -0.3 is 9.84 Å². The second-order valence-electron chi connectivity index (χ2n) is 6.45. The summed E-state index contributed by atoms with van der Waals surface area (Å²) in [6.07, 6.45) is 1.24. The van der Waals surface area contributed by atoms with Crippen molar-refractivity contribution in [3.8, 4) is 0 Å². The fourth-order valence-corrected chi connectivity index (χ4v) is 2.43. The summed E-state index contributed by atoms with van der Waals surface area (Å²) in [5.41, 5.74) is 0.975. The number of carbonyl (C=O) groups is 2. The lowest BCUT2D eigenvalue weighted by Crippen LogP contribution is -2.26. The van der Waals surface area contributed by atoms with Gasteiger partial charge in [0.15, 0.2) is 0 Å². The molecule has 0 saturated heterocycles. The smallest absolute Gasteiger partial charge is 0.419 e. The van der Waals surface area contributed by atoms with E-state index < -0.39 is 17.7 Å². The molecule has 0 amide bonds. The highest BCUT2D eigenvalue weighted by atomic mass is 16.6. The van der Waals surface area contributed by atoms with Crippen molar-refractivity contribution in [2.24, 2.45) is 0 Å². The van der Waals surface area contributed by atoms with Crippen LogP contribution < -0.4 is 0 Å². The molecule has 0 radical (unpaired) electrons. The normalized spacial score (nSPS) is 13.1. The summed E-state index contributed by atoms with van der Waals surface area (Å²) in [6, 6.07) is 7.44. The third kappa shape index (κ3) is 3.47. The van der Waals surface area contributed by atoms with Gasteiger partial charge in [0.25, 0.3) is 0 Å². The number of carboxylic acid groups (broad SMARTS) is 1. The van der Waals surface area contributed by atoms with Gasteiger partial charge in [-0.15, -0.1) is 0 Å². The highest BCUT2D eigenvalue weighted by Gasteiger charge is 2.22. The first-order chi connectivity index (χ1) is 10.2. The van der Waals surface area contributed by atoms with Gasteiger partial charge in [0.1, 0.15) is 5.60 Å². The zero-order valence-corrected chi connectivity index (χ0v) is 13.3. The molecule has 22 heavy (non-hydrogen) atoms. The molecule has 0 saturated carbocycles. The fourth-order valence-electron chi connectivity index (χ4n) is 2.43. The Hall–Kier alpha value is -2.30. The molecule has 2 rings (SSSR count). The van der Waals surface area contributed by atoms with Gasteiger partial charge >= 0.3 is 12.1 Å². The molecular formula is C17H21NO4. The Morgan fingerprint density at radius 2 is 1.91 bits per heavy atom. The number of aliphatic carboxylic acids is 1. The van der Waals surface area contributed by atoms with E-state index in [0.717, 1.165) is 16.5 Å². The van der Waals surface area contributed by atoms with Crippen LogP contribution in [0.2, 0.25) is 0 Å². The van der Waals surface area contributed by atoms with Crippen LogP contribution in [-0.2, 0) is 9.53 Å². The summed E-state index contributed by atoms with van der Waals surface area (Å²) in [6.45, 7) is 7.27. The number of carbonyl (C=O) groups excluding carboxylic acids is 1. The molecule has 5 nitrogen and oxygen atoms in total. The van der Waals surface area contributed by atoms with Crippen molar-refractivity contribution in [3.05, 3.63) is 36.0 Å². The van der Waals surface area contributed by atoms with E-state index >= 15 is 0 Å². The number of hydrogen-bond donors (Lipinski definition) is 1. The number of aromatic nitrogens is 1. The summed E-state index contributed by atoms with van der Waals surface area (Å²) >= 11 is 0. The third-order valence-corrected chi connectivity index (χ3v) is 3.34. The van der Waals surface area contributed by atoms with Crippen molar-refractivity contribution in [2.45, 2.75) is 45.6 Å². The molecule has 0 aliphatic rings. The van der Waals surface area contributed by atoms with Crippen LogP contribution in [0.15, 0.2) is 30.5 Å². The monoisotopic (exact) mass is 303 g/mol. The molecule has 0 spiro atoms. The van der Waals surface area contributed by atoms with E-state index in [-0.39, 0.29) is 12.3 Å². The fraction of sp³-hybridized carbons (Fsp3) is 0.412. The second kappa shape index (κ2) is 5.83. The van der Waals surface area contributed by atoms with Crippen molar-refractivity contribution in [1.82, 2.24) is 4.57 Å². The zero-order valence-electron chi connectivity index (χ0n) is 13.3. The number of benzene rings is 1. The Kier molecular flexibility index (Phi) is 4.26. The van der Waals surface area contributed by atoms with Crippen LogP contribution in [0.4, 0.5) is 4.79 Å². The van der Waals surface area contributed by atoms with Crippen molar-refractivity contribution in [1.29, 1.82) is 0 Å². The minimum absolute atomic E-state index is 0.0162. The molecule has 0 fully saturated rings. The van der Waals surface area contributed by atoms with Crippen molar-refractivity contribution < 1.29 is 19.4 Å². The molecule has 2 aromatic rings. The van der Waals surface area contributed by atoms with Crippen LogP contribution in [0.5, 0.6) is 0 Å². The molecule has 1 N–H and O–H groups in total. The van der Waals surface area contributed by atoms with E-state index in [2.05, 4.69) is 0 Å². The van der Waals surface area contributed by atoms with Gasteiger partial charge in [-0.25, -0.2) is 4.79 Å². The number of carboxylic acids is 1. The van der Waals surface area contributed by atoms with Crippen LogP contribution in [0.1, 0.15) is 45.6 Å². The minimum Gasteiger partial charge on any atom is -0.481 e. The first-order valence-electron chi connectivity index (χ1n) is 7.24. The van der Waals surface area contributed by atoms with Crippen LogP contribution in [0, 0.1) is 0 Å². The number of para-hydroxylation sites is 1. The first kappa shape index (κ1) is 16.1. The molecule has 1 aromatic heterocycles. The quantitative estimate of drug-likeness (QED) is 0.930. The molecule has 118 valence electrons. The molecule has 0 bridgehead atoms. The van der Waals surface area contributed by atoms with E-state index in [1.165, 1.54) is 4.57 Å². The Morgan fingerprint density at radius 3 is 2.50 bits per heavy atom. The number of fused-ring (bicyclic) bond motifs is 1. The molecule has 1 atom stereocenters. The Bertz CT molecular complexity index is 709. The van der Waals surface area contributed by atoms with Gasteiger partial charge in [-0.05, 0) is 38.3 Å². The van der Waals surface area contributed by atoms with Crippen LogP contribution in [0.3, 0.4) is 0 Å². The minimum atomic E-state index is -0.860. The topological polar surface area (TPSA) is 68.5 Å². The summed E-state index contributed by atoms with van der Waals surface area (Å²) in [7, 11) is 0. The summed E-state index contributed by atoms with van der Waals surface area (Å²) < 4.78 is 6.87. The maximum Gasteiger partial charge on any atom is 0.419 e. The number of nitrogens with zero attached hydrogens (tertiary/aromatic N) is 1. The molecule has 1 heterocycles. The number of rotatable bonds is 3.